The van der Waals surface area contributed by atoms with Crippen molar-refractivity contribution < 1.29 is 14.0 Å². The first-order chi connectivity index (χ1) is 12.6. The number of aryl methyl sites for hydroxylation is 1. The van der Waals surface area contributed by atoms with E-state index in [-0.39, 0.29) is 6.42 Å². The molecule has 0 radical (unpaired) electrons. The molecular weight excluding hydrogens is 334 g/mol. The Morgan fingerprint density at radius 2 is 2.08 bits per heavy atom. The fourth-order valence-corrected chi connectivity index (χ4v) is 2.46. The van der Waals surface area contributed by atoms with Gasteiger partial charge in [-0.1, -0.05) is 5.16 Å². The number of rotatable bonds is 6. The smallest absolute Gasteiger partial charge is 0.256 e. The van der Waals surface area contributed by atoms with Gasteiger partial charge >= 0.3 is 0 Å². The lowest BCUT2D eigenvalue weighted by molar-refractivity contribution is 0.343. The van der Waals surface area contributed by atoms with E-state index in [0.29, 0.717) is 29.0 Å². The monoisotopic (exact) mass is 351 g/mol. The van der Waals surface area contributed by atoms with Crippen LogP contribution in [0.5, 0.6) is 11.6 Å². The van der Waals surface area contributed by atoms with Gasteiger partial charge in [-0.25, -0.2) is 4.98 Å². The predicted octanol–water partition coefficient (Wildman–Crippen LogP) is 3.27. The summed E-state index contributed by atoms with van der Waals surface area (Å²) in [5.41, 5.74) is 3.08. The van der Waals surface area contributed by atoms with Crippen LogP contribution < -0.4 is 14.8 Å². The number of pyridine rings is 1. The van der Waals surface area contributed by atoms with Gasteiger partial charge in [0.25, 0.3) is 5.88 Å². The molecule has 2 heterocycles. The molecule has 3 rings (SSSR count). The number of nitrogens with zero attached hydrogens (tertiary/aromatic N) is 4. The Morgan fingerprint density at radius 3 is 2.73 bits per heavy atom. The molecule has 8 heteroatoms. The maximum Gasteiger partial charge on any atom is 0.256 e. The molecule has 0 aliphatic rings. The maximum absolute atomic E-state index is 9.15. The summed E-state index contributed by atoms with van der Waals surface area (Å²) in [6.45, 7) is 1.73. The van der Waals surface area contributed by atoms with Crippen molar-refractivity contribution >= 4 is 11.4 Å². The molecule has 0 saturated carbocycles. The lowest BCUT2D eigenvalue weighted by Crippen LogP contribution is -1.99. The number of methoxy groups -OCH3 is 2. The number of ether oxygens (including phenoxy) is 2. The normalized spacial score (nSPS) is 10.2. The molecule has 3 aromatic rings. The molecule has 0 atom stereocenters. The molecule has 132 valence electrons. The second-order valence-electron chi connectivity index (χ2n) is 5.40. The van der Waals surface area contributed by atoms with Crippen LogP contribution in [0, 0.1) is 18.3 Å². The molecule has 0 aliphatic heterocycles. The summed E-state index contributed by atoms with van der Waals surface area (Å²) < 4.78 is 15.4. The van der Waals surface area contributed by atoms with Crippen molar-refractivity contribution in [2.75, 3.05) is 19.5 Å². The predicted molar refractivity (Wildman–Crippen MR) is 94.4 cm³/mol. The molecule has 0 bridgehead atoms. The summed E-state index contributed by atoms with van der Waals surface area (Å²) in [4.78, 5) is 8.42. The van der Waals surface area contributed by atoms with E-state index >= 15 is 0 Å². The molecule has 0 amide bonds. The van der Waals surface area contributed by atoms with E-state index in [0.717, 1.165) is 16.8 Å². The number of hydrogen-bond donors (Lipinski definition) is 1. The Bertz CT molecular complexity index is 962. The average molecular weight is 351 g/mol. The summed E-state index contributed by atoms with van der Waals surface area (Å²) in [6, 6.07) is 9.54. The number of nitriles is 1. The van der Waals surface area contributed by atoms with Gasteiger partial charge in [0.15, 0.2) is 5.75 Å². The highest BCUT2D eigenvalue weighted by Crippen LogP contribution is 2.31. The third-order valence-electron chi connectivity index (χ3n) is 3.67. The highest BCUT2D eigenvalue weighted by molar-refractivity contribution is 5.69. The van der Waals surface area contributed by atoms with Gasteiger partial charge < -0.3 is 19.3 Å². The van der Waals surface area contributed by atoms with E-state index in [1.165, 1.54) is 7.11 Å². The molecule has 26 heavy (non-hydrogen) atoms. The molecule has 2 aromatic heterocycles. The zero-order valence-corrected chi connectivity index (χ0v) is 14.6. The van der Waals surface area contributed by atoms with Crippen LogP contribution in [0.2, 0.25) is 0 Å². The van der Waals surface area contributed by atoms with Gasteiger partial charge in [0, 0.05) is 24.2 Å². The van der Waals surface area contributed by atoms with Gasteiger partial charge in [-0.05, 0) is 23.8 Å². The van der Waals surface area contributed by atoms with E-state index < -0.39 is 0 Å². The van der Waals surface area contributed by atoms with Gasteiger partial charge in [-0.3, -0.25) is 0 Å². The Labute approximate surface area is 150 Å². The van der Waals surface area contributed by atoms with Gasteiger partial charge in [-0.15, -0.1) is 0 Å². The summed E-state index contributed by atoms with van der Waals surface area (Å²) in [5.74, 6) is 1.89. The van der Waals surface area contributed by atoms with E-state index in [2.05, 4.69) is 26.5 Å². The van der Waals surface area contributed by atoms with Crippen LogP contribution >= 0.6 is 0 Å². The Hall–Kier alpha value is -3.60. The molecule has 0 aliphatic carbocycles. The fraction of sp³-hybridized carbons (Fsp3) is 0.222. The minimum absolute atomic E-state index is 0.230. The molecule has 0 fully saturated rings. The van der Waals surface area contributed by atoms with E-state index in [4.69, 9.17) is 19.3 Å². The number of hydrogen-bond acceptors (Lipinski definition) is 8. The highest BCUT2D eigenvalue weighted by atomic mass is 16.5. The standard InChI is InChI=1S/C18H17N5O3/c1-11-21-17(23-26-11)13-4-5-15(12(8-13)6-7-19)22-14-9-16(24-2)18(25-3)20-10-14/h4-5,8-10,22H,6H2,1-3H3. The van der Waals surface area contributed by atoms with Crippen LogP contribution in [0.3, 0.4) is 0 Å². The summed E-state index contributed by atoms with van der Waals surface area (Å²) >= 11 is 0. The summed E-state index contributed by atoms with van der Waals surface area (Å²) in [7, 11) is 3.08. The zero-order valence-electron chi connectivity index (χ0n) is 14.6. The zero-order chi connectivity index (χ0) is 18.5. The Balaban J connectivity index is 1.93. The SMILES string of the molecule is COc1cc(Nc2ccc(-c3noc(C)n3)cc2CC#N)cnc1OC. The molecule has 8 nitrogen and oxygen atoms in total. The first-order valence-corrected chi connectivity index (χ1v) is 7.80. The number of anilines is 2. The second-order valence-corrected chi connectivity index (χ2v) is 5.40. The van der Waals surface area contributed by atoms with Gasteiger partial charge in [0.05, 0.1) is 38.6 Å². The minimum atomic E-state index is 0.230. The molecule has 0 unspecified atom stereocenters. The summed E-state index contributed by atoms with van der Waals surface area (Å²) in [5, 5.41) is 16.3. The first-order valence-electron chi connectivity index (χ1n) is 7.80. The third-order valence-corrected chi connectivity index (χ3v) is 3.67. The molecule has 1 aromatic carbocycles. The van der Waals surface area contributed by atoms with Crippen LogP contribution in [0.1, 0.15) is 11.5 Å². The first kappa shape index (κ1) is 17.2. The van der Waals surface area contributed by atoms with Crippen molar-refractivity contribution in [2.45, 2.75) is 13.3 Å². The van der Waals surface area contributed by atoms with Crippen LogP contribution in [-0.2, 0) is 6.42 Å². The molecule has 1 N–H and O–H groups in total. The van der Waals surface area contributed by atoms with E-state index in [9.17, 15) is 0 Å². The largest absolute Gasteiger partial charge is 0.491 e. The third kappa shape index (κ3) is 3.57. The molecule has 0 spiro atoms. The van der Waals surface area contributed by atoms with Crippen molar-refractivity contribution in [1.82, 2.24) is 15.1 Å². The van der Waals surface area contributed by atoms with Crippen molar-refractivity contribution in [3.8, 4) is 29.1 Å². The van der Waals surface area contributed by atoms with Crippen LogP contribution in [-0.4, -0.2) is 29.3 Å². The highest BCUT2D eigenvalue weighted by Gasteiger charge is 2.12. The van der Waals surface area contributed by atoms with Gasteiger partial charge in [0.1, 0.15) is 0 Å². The minimum Gasteiger partial charge on any atom is -0.491 e. The van der Waals surface area contributed by atoms with Crippen molar-refractivity contribution in [3.05, 3.63) is 41.9 Å². The number of aromatic nitrogens is 3. The maximum atomic E-state index is 9.15. The van der Waals surface area contributed by atoms with Gasteiger partial charge in [-0.2, -0.15) is 10.2 Å². The summed E-state index contributed by atoms with van der Waals surface area (Å²) in [6.07, 6.45) is 1.86. The van der Waals surface area contributed by atoms with E-state index in [1.807, 2.05) is 18.2 Å². The number of nitrogens with one attached hydrogen (secondary N) is 1. The Kier molecular flexibility index (Phi) is 4.99. The van der Waals surface area contributed by atoms with Gasteiger partial charge in [0.2, 0.25) is 11.7 Å². The lowest BCUT2D eigenvalue weighted by Gasteiger charge is -2.13. The topological polar surface area (TPSA) is 106 Å². The van der Waals surface area contributed by atoms with Crippen LogP contribution in [0.25, 0.3) is 11.4 Å². The van der Waals surface area contributed by atoms with E-state index in [1.54, 1.807) is 26.3 Å². The van der Waals surface area contributed by atoms with Crippen LogP contribution in [0.4, 0.5) is 11.4 Å². The Morgan fingerprint density at radius 1 is 1.23 bits per heavy atom. The average Bonchev–Trinajstić information content (AvgIpc) is 3.09. The quantitative estimate of drug-likeness (QED) is 0.721. The van der Waals surface area contributed by atoms with Crippen molar-refractivity contribution in [2.24, 2.45) is 0 Å². The number of benzene rings is 1. The fourth-order valence-electron chi connectivity index (χ4n) is 2.46. The second kappa shape index (κ2) is 7.53. The van der Waals surface area contributed by atoms with Crippen molar-refractivity contribution in [1.29, 1.82) is 5.26 Å². The van der Waals surface area contributed by atoms with Crippen molar-refractivity contribution in [3.63, 3.8) is 0 Å². The molecule has 0 saturated heterocycles. The molecular formula is C18H17N5O3. The van der Waals surface area contributed by atoms with Crippen LogP contribution in [0.15, 0.2) is 35.0 Å². The lowest BCUT2D eigenvalue weighted by atomic mass is 10.1.